The zero-order valence-corrected chi connectivity index (χ0v) is 11.4. The van der Waals surface area contributed by atoms with Crippen LogP contribution in [0.5, 0.6) is 0 Å². The summed E-state index contributed by atoms with van der Waals surface area (Å²) in [5.74, 6) is 0. The smallest absolute Gasteiger partial charge is 0.0794 e. The molecule has 0 aliphatic carbocycles. The average molecular weight is 240 g/mol. The summed E-state index contributed by atoms with van der Waals surface area (Å²) >= 11 is 1.77. The van der Waals surface area contributed by atoms with Crippen LogP contribution < -0.4 is 5.32 Å². The highest BCUT2D eigenvalue weighted by Gasteiger charge is 2.08. The first-order chi connectivity index (χ1) is 7.86. The van der Waals surface area contributed by atoms with E-state index in [0.717, 1.165) is 13.0 Å². The van der Waals surface area contributed by atoms with E-state index in [-0.39, 0.29) is 0 Å². The van der Waals surface area contributed by atoms with Gasteiger partial charge in [-0.05, 0) is 19.4 Å². The Morgan fingerprint density at radius 1 is 1.31 bits per heavy atom. The molecule has 2 nitrogen and oxygen atoms in total. The fraction of sp³-hybridized carbons (Fsp3) is 0.769. The van der Waals surface area contributed by atoms with E-state index in [2.05, 4.69) is 24.1 Å². The second-order valence-corrected chi connectivity index (χ2v) is 5.25. The highest BCUT2D eigenvalue weighted by atomic mass is 32.1. The molecule has 1 N–H and O–H groups in total. The van der Waals surface area contributed by atoms with E-state index in [1.54, 1.807) is 11.3 Å². The first-order valence-corrected chi connectivity index (χ1v) is 7.35. The Kier molecular flexibility index (Phi) is 7.43. The Balaban J connectivity index is 2.24. The third-order valence-corrected chi connectivity index (χ3v) is 3.63. The maximum atomic E-state index is 4.14. The number of thiazole rings is 1. The Bertz CT molecular complexity index is 246. The molecule has 1 rings (SSSR count). The van der Waals surface area contributed by atoms with Gasteiger partial charge in [0.25, 0.3) is 0 Å². The van der Waals surface area contributed by atoms with Crippen molar-refractivity contribution in [2.75, 3.05) is 6.54 Å². The molecule has 1 unspecified atom stereocenters. The molecule has 3 heteroatoms. The Morgan fingerprint density at radius 2 is 2.19 bits per heavy atom. The molecule has 0 aliphatic heterocycles. The molecular weight excluding hydrogens is 216 g/mol. The average Bonchev–Trinajstić information content (AvgIpc) is 2.77. The molecule has 1 aromatic rings. The third kappa shape index (κ3) is 5.61. The van der Waals surface area contributed by atoms with Crippen molar-refractivity contribution in [1.29, 1.82) is 0 Å². The van der Waals surface area contributed by atoms with Crippen LogP contribution in [0.2, 0.25) is 0 Å². The lowest BCUT2D eigenvalue weighted by molar-refractivity contribution is 0.465. The van der Waals surface area contributed by atoms with Crippen LogP contribution in [-0.4, -0.2) is 17.6 Å². The normalized spacial score (nSPS) is 12.9. The fourth-order valence-corrected chi connectivity index (χ4v) is 2.64. The van der Waals surface area contributed by atoms with Crippen molar-refractivity contribution in [3.63, 3.8) is 0 Å². The van der Waals surface area contributed by atoms with Gasteiger partial charge < -0.3 is 5.32 Å². The van der Waals surface area contributed by atoms with E-state index >= 15 is 0 Å². The van der Waals surface area contributed by atoms with Gasteiger partial charge in [0.15, 0.2) is 0 Å². The molecule has 92 valence electrons. The molecular formula is C13H24N2S. The number of hydrogen-bond donors (Lipinski definition) is 1. The van der Waals surface area contributed by atoms with Crippen LogP contribution in [-0.2, 0) is 6.42 Å². The molecule has 0 saturated carbocycles. The van der Waals surface area contributed by atoms with Crippen molar-refractivity contribution in [1.82, 2.24) is 10.3 Å². The van der Waals surface area contributed by atoms with E-state index in [4.69, 9.17) is 0 Å². The predicted molar refractivity (Wildman–Crippen MR) is 72.0 cm³/mol. The molecule has 0 radical (unpaired) electrons. The van der Waals surface area contributed by atoms with Crippen LogP contribution in [0.3, 0.4) is 0 Å². The van der Waals surface area contributed by atoms with Gasteiger partial charge in [-0.2, -0.15) is 0 Å². The molecule has 0 aliphatic rings. The van der Waals surface area contributed by atoms with Gasteiger partial charge in [0, 0.05) is 17.1 Å². The minimum atomic E-state index is 0.641. The molecule has 1 atom stereocenters. The van der Waals surface area contributed by atoms with Crippen LogP contribution in [0.15, 0.2) is 11.7 Å². The molecule has 0 spiro atoms. The van der Waals surface area contributed by atoms with E-state index in [1.807, 2.05) is 11.7 Å². The minimum absolute atomic E-state index is 0.641. The largest absolute Gasteiger partial charge is 0.314 e. The summed E-state index contributed by atoms with van der Waals surface area (Å²) in [7, 11) is 0. The molecule has 0 aromatic carbocycles. The quantitative estimate of drug-likeness (QED) is 0.667. The second kappa shape index (κ2) is 8.71. The molecule has 16 heavy (non-hydrogen) atoms. The lowest BCUT2D eigenvalue weighted by Gasteiger charge is -2.16. The van der Waals surface area contributed by atoms with Crippen molar-refractivity contribution in [3.05, 3.63) is 16.6 Å². The van der Waals surface area contributed by atoms with E-state index in [0.29, 0.717) is 6.04 Å². The van der Waals surface area contributed by atoms with Gasteiger partial charge in [0.05, 0.1) is 5.51 Å². The van der Waals surface area contributed by atoms with Crippen molar-refractivity contribution >= 4 is 11.3 Å². The number of rotatable bonds is 9. The van der Waals surface area contributed by atoms with E-state index in [9.17, 15) is 0 Å². The minimum Gasteiger partial charge on any atom is -0.314 e. The lowest BCUT2D eigenvalue weighted by Crippen LogP contribution is -2.30. The predicted octanol–water partition coefficient (Wildman–Crippen LogP) is 3.63. The highest BCUT2D eigenvalue weighted by molar-refractivity contribution is 7.09. The summed E-state index contributed by atoms with van der Waals surface area (Å²) in [4.78, 5) is 5.54. The topological polar surface area (TPSA) is 24.9 Å². The van der Waals surface area contributed by atoms with Crippen molar-refractivity contribution in [2.45, 2.75) is 58.4 Å². The zero-order chi connectivity index (χ0) is 11.6. The van der Waals surface area contributed by atoms with Gasteiger partial charge in [-0.1, -0.05) is 39.5 Å². The first-order valence-electron chi connectivity index (χ1n) is 6.47. The van der Waals surface area contributed by atoms with Crippen LogP contribution >= 0.6 is 11.3 Å². The fourth-order valence-electron chi connectivity index (χ4n) is 1.97. The second-order valence-electron chi connectivity index (χ2n) is 4.28. The molecule has 1 aromatic heterocycles. The summed E-state index contributed by atoms with van der Waals surface area (Å²) in [5.41, 5.74) is 1.93. The standard InChI is InChI=1S/C13H24N2S/c1-3-5-6-7-8-12(15-4-2)9-13-10-14-11-16-13/h10-12,15H,3-9H2,1-2H3. The number of nitrogens with zero attached hydrogens (tertiary/aromatic N) is 1. The highest BCUT2D eigenvalue weighted by Crippen LogP contribution is 2.13. The van der Waals surface area contributed by atoms with Crippen LogP contribution in [0.4, 0.5) is 0 Å². The summed E-state index contributed by atoms with van der Waals surface area (Å²) in [6, 6.07) is 0.641. The Hall–Kier alpha value is -0.410. The summed E-state index contributed by atoms with van der Waals surface area (Å²) in [6.45, 7) is 5.52. The van der Waals surface area contributed by atoms with Crippen molar-refractivity contribution < 1.29 is 0 Å². The number of likely N-dealkylation sites (N-methyl/N-ethyl adjacent to an activating group) is 1. The van der Waals surface area contributed by atoms with Crippen LogP contribution in [0.1, 0.15) is 50.8 Å². The van der Waals surface area contributed by atoms with Gasteiger partial charge in [-0.15, -0.1) is 11.3 Å². The zero-order valence-electron chi connectivity index (χ0n) is 10.5. The van der Waals surface area contributed by atoms with Crippen LogP contribution in [0.25, 0.3) is 0 Å². The van der Waals surface area contributed by atoms with Gasteiger partial charge >= 0.3 is 0 Å². The van der Waals surface area contributed by atoms with Gasteiger partial charge in [-0.3, -0.25) is 4.98 Å². The first kappa shape index (κ1) is 13.7. The number of unbranched alkanes of at least 4 members (excludes halogenated alkanes) is 3. The van der Waals surface area contributed by atoms with E-state index < -0.39 is 0 Å². The summed E-state index contributed by atoms with van der Waals surface area (Å²) < 4.78 is 0. The van der Waals surface area contributed by atoms with Gasteiger partial charge in [0.1, 0.15) is 0 Å². The van der Waals surface area contributed by atoms with Gasteiger partial charge in [-0.25, -0.2) is 0 Å². The maximum absolute atomic E-state index is 4.14. The summed E-state index contributed by atoms with van der Waals surface area (Å²) in [5, 5.41) is 3.58. The van der Waals surface area contributed by atoms with Gasteiger partial charge in [0.2, 0.25) is 0 Å². The van der Waals surface area contributed by atoms with E-state index in [1.165, 1.54) is 37.0 Å². The van der Waals surface area contributed by atoms with Crippen molar-refractivity contribution in [3.8, 4) is 0 Å². The van der Waals surface area contributed by atoms with Crippen LogP contribution in [0, 0.1) is 0 Å². The monoisotopic (exact) mass is 240 g/mol. The maximum Gasteiger partial charge on any atom is 0.0794 e. The Labute approximate surface area is 103 Å². The number of nitrogens with one attached hydrogen (secondary N) is 1. The molecule has 0 fully saturated rings. The number of aromatic nitrogens is 1. The van der Waals surface area contributed by atoms with Crippen molar-refractivity contribution in [2.24, 2.45) is 0 Å². The molecule has 1 heterocycles. The molecule has 0 saturated heterocycles. The summed E-state index contributed by atoms with van der Waals surface area (Å²) in [6.07, 6.45) is 9.86. The molecule has 0 amide bonds. The third-order valence-electron chi connectivity index (χ3n) is 2.83. The SMILES string of the molecule is CCCCCCC(Cc1cncs1)NCC. The lowest BCUT2D eigenvalue weighted by atomic mass is 10.0. The molecule has 0 bridgehead atoms. The number of hydrogen-bond acceptors (Lipinski definition) is 3. The Morgan fingerprint density at radius 3 is 2.81 bits per heavy atom.